The summed E-state index contributed by atoms with van der Waals surface area (Å²) in [6.45, 7) is 0. The maximum atomic E-state index is 1.95. The second-order valence-corrected chi connectivity index (χ2v) is 10.0. The van der Waals surface area contributed by atoms with E-state index in [0.717, 1.165) is 0 Å². The molecule has 0 atom stereocenters. The Kier molecular flexibility index (Phi) is 6.00. The first-order valence-electron chi connectivity index (χ1n) is 1.82. The van der Waals surface area contributed by atoms with Gasteiger partial charge in [-0.25, -0.2) is 0 Å². The molecule has 1 aliphatic rings. The molecule has 6 heteroatoms. The standard InChI is InChI=1S/C2H4S6/c1-3-4-2-6-8-7-5-1/h1-2H2. The molecule has 0 N–H and O–H groups in total. The van der Waals surface area contributed by atoms with Gasteiger partial charge in [-0.15, -0.1) is 0 Å². The highest BCUT2D eigenvalue weighted by Crippen LogP contribution is 2.50. The van der Waals surface area contributed by atoms with Crippen LogP contribution in [0.4, 0.5) is 0 Å². The van der Waals surface area contributed by atoms with Crippen LogP contribution in [0.5, 0.6) is 0 Å². The average molecular weight is 220 g/mol. The molecule has 0 nitrogen and oxygen atoms in total. The van der Waals surface area contributed by atoms with E-state index < -0.39 is 0 Å². The first-order valence-corrected chi connectivity index (χ1v) is 9.46. The quantitative estimate of drug-likeness (QED) is 0.562. The Bertz CT molecular complexity index is 30.5. The lowest BCUT2D eigenvalue weighted by Crippen LogP contribution is -1.64. The highest BCUT2D eigenvalue weighted by atomic mass is 33.7. The summed E-state index contributed by atoms with van der Waals surface area (Å²) < 4.78 is 0. The summed E-state index contributed by atoms with van der Waals surface area (Å²) >= 11 is 0. The molecular formula is C2H4S6. The summed E-state index contributed by atoms with van der Waals surface area (Å²) in [6.07, 6.45) is 0. The monoisotopic (exact) mass is 220 g/mol. The van der Waals surface area contributed by atoms with Gasteiger partial charge >= 0.3 is 0 Å². The van der Waals surface area contributed by atoms with Crippen molar-refractivity contribution in [2.24, 2.45) is 0 Å². The van der Waals surface area contributed by atoms with Crippen LogP contribution < -0.4 is 0 Å². The number of hydrogen-bond donors (Lipinski definition) is 0. The van der Waals surface area contributed by atoms with E-state index in [0.29, 0.717) is 0 Å². The second-order valence-electron chi connectivity index (χ2n) is 0.843. The molecule has 1 saturated heterocycles. The SMILES string of the molecule is C1SSCSSSS1. The first kappa shape index (κ1) is 8.20. The summed E-state index contributed by atoms with van der Waals surface area (Å²) in [5, 5.41) is 2.45. The molecule has 8 heavy (non-hydrogen) atoms. The van der Waals surface area contributed by atoms with Crippen LogP contribution in [0.1, 0.15) is 0 Å². The maximum absolute atomic E-state index is 1.95. The van der Waals surface area contributed by atoms with Gasteiger partial charge in [-0.3, -0.25) is 0 Å². The zero-order valence-electron chi connectivity index (χ0n) is 3.86. The van der Waals surface area contributed by atoms with E-state index >= 15 is 0 Å². The molecular weight excluding hydrogens is 216 g/mol. The van der Waals surface area contributed by atoms with Crippen LogP contribution in [-0.2, 0) is 0 Å². The third kappa shape index (κ3) is 4.00. The van der Waals surface area contributed by atoms with Crippen molar-refractivity contribution in [1.29, 1.82) is 0 Å². The van der Waals surface area contributed by atoms with Crippen LogP contribution in [0.15, 0.2) is 0 Å². The molecule has 0 spiro atoms. The van der Waals surface area contributed by atoms with E-state index in [1.54, 1.807) is 0 Å². The molecule has 0 aromatic heterocycles. The third-order valence-electron chi connectivity index (χ3n) is 0.400. The van der Waals surface area contributed by atoms with Crippen molar-refractivity contribution in [3.63, 3.8) is 0 Å². The van der Waals surface area contributed by atoms with Crippen molar-refractivity contribution < 1.29 is 0 Å². The largest absolute Gasteiger partial charge is 0.0814 e. The Balaban J connectivity index is 2.00. The zero-order valence-corrected chi connectivity index (χ0v) is 8.76. The molecule has 0 saturated carbocycles. The molecule has 48 valence electrons. The van der Waals surface area contributed by atoms with Gasteiger partial charge < -0.3 is 0 Å². The third-order valence-corrected chi connectivity index (χ3v) is 10.8. The maximum Gasteiger partial charge on any atom is 0.0608 e. The summed E-state index contributed by atoms with van der Waals surface area (Å²) in [5.74, 6) is 0. The minimum Gasteiger partial charge on any atom is -0.0814 e. The van der Waals surface area contributed by atoms with Gasteiger partial charge in [-0.1, -0.05) is 43.2 Å². The van der Waals surface area contributed by atoms with Crippen LogP contribution in [-0.4, -0.2) is 10.2 Å². The van der Waals surface area contributed by atoms with E-state index in [2.05, 4.69) is 0 Å². The van der Waals surface area contributed by atoms with Gasteiger partial charge in [-0.2, -0.15) is 0 Å². The second kappa shape index (κ2) is 5.85. The molecule has 1 fully saturated rings. The predicted molar refractivity (Wildman–Crippen MR) is 55.3 cm³/mol. The van der Waals surface area contributed by atoms with Gasteiger partial charge in [-0.05, 0) is 19.7 Å². The van der Waals surface area contributed by atoms with Crippen LogP contribution in [0.3, 0.4) is 0 Å². The minimum atomic E-state index is 1.23. The predicted octanol–water partition coefficient (Wildman–Crippen LogP) is 3.97. The van der Waals surface area contributed by atoms with E-state index in [9.17, 15) is 0 Å². The van der Waals surface area contributed by atoms with Gasteiger partial charge in [0.05, 0.1) is 10.2 Å². The van der Waals surface area contributed by atoms with Gasteiger partial charge in [0.2, 0.25) is 0 Å². The topological polar surface area (TPSA) is 0 Å². The van der Waals surface area contributed by atoms with E-state index in [1.807, 2.05) is 62.8 Å². The molecule has 0 aliphatic carbocycles. The summed E-state index contributed by atoms with van der Waals surface area (Å²) in [5.41, 5.74) is 0. The van der Waals surface area contributed by atoms with Gasteiger partial charge in [0.15, 0.2) is 0 Å². The fourth-order valence-electron chi connectivity index (χ4n) is 0.186. The fraction of sp³-hybridized carbons (Fsp3) is 1.00. The molecule has 0 aromatic rings. The van der Waals surface area contributed by atoms with Crippen LogP contribution in [0, 0.1) is 0 Å². The Morgan fingerprint density at radius 3 is 1.62 bits per heavy atom. The molecule has 1 rings (SSSR count). The van der Waals surface area contributed by atoms with Crippen molar-refractivity contribution in [2.45, 2.75) is 0 Å². The highest BCUT2D eigenvalue weighted by Gasteiger charge is 1.98. The van der Waals surface area contributed by atoms with Crippen LogP contribution >= 0.6 is 62.8 Å². The average Bonchev–Trinajstić information content (AvgIpc) is 1.62. The normalized spacial score (nSPS) is 24.0. The fourth-order valence-corrected chi connectivity index (χ4v) is 11.4. The lowest BCUT2D eigenvalue weighted by Gasteiger charge is -2.03. The summed E-state index contributed by atoms with van der Waals surface area (Å²) in [7, 11) is 11.5. The van der Waals surface area contributed by atoms with Crippen molar-refractivity contribution in [2.75, 3.05) is 10.2 Å². The molecule has 0 aromatic carbocycles. The molecule has 0 radical (unpaired) electrons. The lowest BCUT2D eigenvalue weighted by atomic mass is 11.9. The number of hydrogen-bond acceptors (Lipinski definition) is 6. The van der Waals surface area contributed by atoms with Crippen molar-refractivity contribution in [3.8, 4) is 0 Å². The van der Waals surface area contributed by atoms with Crippen molar-refractivity contribution >= 4 is 62.8 Å². The first-order chi connectivity index (χ1) is 4.00. The zero-order chi connectivity index (χ0) is 5.66. The van der Waals surface area contributed by atoms with Gasteiger partial charge in [0.1, 0.15) is 0 Å². The smallest absolute Gasteiger partial charge is 0.0608 e. The minimum absolute atomic E-state index is 1.23. The molecule has 1 aliphatic heterocycles. The summed E-state index contributed by atoms with van der Waals surface area (Å²) in [6, 6.07) is 0. The lowest BCUT2D eigenvalue weighted by molar-refractivity contribution is 2.32. The molecule has 0 unspecified atom stereocenters. The highest BCUT2D eigenvalue weighted by molar-refractivity contribution is 9.27. The Hall–Kier alpha value is 2.10. The Morgan fingerprint density at radius 2 is 1.12 bits per heavy atom. The van der Waals surface area contributed by atoms with E-state index in [4.69, 9.17) is 0 Å². The molecule has 1 heterocycles. The van der Waals surface area contributed by atoms with Gasteiger partial charge in [0, 0.05) is 0 Å². The van der Waals surface area contributed by atoms with E-state index in [1.165, 1.54) is 10.2 Å². The molecule has 0 amide bonds. The van der Waals surface area contributed by atoms with Crippen LogP contribution in [0.2, 0.25) is 0 Å². The van der Waals surface area contributed by atoms with Gasteiger partial charge in [0.25, 0.3) is 0 Å². The Labute approximate surface area is 72.4 Å². The van der Waals surface area contributed by atoms with Crippen molar-refractivity contribution in [3.05, 3.63) is 0 Å². The Morgan fingerprint density at radius 1 is 0.625 bits per heavy atom. The van der Waals surface area contributed by atoms with E-state index in [-0.39, 0.29) is 0 Å². The summed E-state index contributed by atoms with van der Waals surface area (Å²) in [4.78, 5) is 0. The number of rotatable bonds is 0. The van der Waals surface area contributed by atoms with Crippen LogP contribution in [0.25, 0.3) is 0 Å². The van der Waals surface area contributed by atoms with Crippen molar-refractivity contribution in [1.82, 2.24) is 0 Å². The molecule has 0 bridgehead atoms.